The lowest BCUT2D eigenvalue weighted by Crippen LogP contribution is -2.48. The van der Waals surface area contributed by atoms with E-state index in [1.165, 1.54) is 0 Å². The molecule has 0 fully saturated rings. The Labute approximate surface area is 127 Å². The molecule has 2 rings (SSSR count). The lowest BCUT2D eigenvalue weighted by atomic mass is 9.96. The molecule has 0 bridgehead atoms. The van der Waals surface area contributed by atoms with E-state index in [9.17, 15) is 0 Å². The maximum Gasteiger partial charge on any atom is 0.0934 e. The Bertz CT molecular complexity index is 584. The van der Waals surface area contributed by atoms with E-state index in [-0.39, 0.29) is 5.54 Å². The fraction of sp³-hybridized carbons (Fsp3) is 0.400. The summed E-state index contributed by atoms with van der Waals surface area (Å²) in [5.74, 6) is 0. The van der Waals surface area contributed by atoms with Crippen LogP contribution < -0.4 is 11.1 Å². The Hall–Kier alpha value is -1.17. The quantitative estimate of drug-likeness (QED) is 0.849. The first-order valence-corrected chi connectivity index (χ1v) is 7.45. The van der Waals surface area contributed by atoms with E-state index in [1.807, 2.05) is 18.2 Å². The summed E-state index contributed by atoms with van der Waals surface area (Å²) in [6.45, 7) is 3.17. The van der Waals surface area contributed by atoms with Crippen LogP contribution >= 0.6 is 15.9 Å². The van der Waals surface area contributed by atoms with Gasteiger partial charge in [-0.2, -0.15) is 0 Å². The summed E-state index contributed by atoms with van der Waals surface area (Å²) in [6.07, 6.45) is 2.68. The molecule has 1 heterocycles. The van der Waals surface area contributed by atoms with Crippen molar-refractivity contribution in [2.75, 3.05) is 25.6 Å². The van der Waals surface area contributed by atoms with Gasteiger partial charge in [-0.1, -0.05) is 19.1 Å². The molecule has 0 aliphatic carbocycles. The number of methoxy groups -OCH3 is 1. The van der Waals surface area contributed by atoms with Crippen LogP contribution in [-0.2, 0) is 4.74 Å². The normalized spacial score (nSPS) is 14.2. The molecular weight excluding hydrogens is 318 g/mol. The Kier molecular flexibility index (Phi) is 4.96. The van der Waals surface area contributed by atoms with Crippen molar-refractivity contribution in [3.8, 4) is 0 Å². The third-order valence-electron chi connectivity index (χ3n) is 3.57. The summed E-state index contributed by atoms with van der Waals surface area (Å²) >= 11 is 3.45. The molecule has 0 amide bonds. The average molecular weight is 338 g/mol. The van der Waals surface area contributed by atoms with E-state index in [0.717, 1.165) is 27.5 Å². The Morgan fingerprint density at radius 3 is 2.90 bits per heavy atom. The summed E-state index contributed by atoms with van der Waals surface area (Å²) < 4.78 is 6.29. The van der Waals surface area contributed by atoms with Crippen molar-refractivity contribution in [3.05, 3.63) is 34.9 Å². The SMILES string of the molecule is CCC(CN)(COC)Nc1cccc2cc(Br)cnc12. The van der Waals surface area contributed by atoms with Crippen LogP contribution in [0.3, 0.4) is 0 Å². The molecule has 0 aliphatic heterocycles. The summed E-state index contributed by atoms with van der Waals surface area (Å²) in [5, 5.41) is 4.61. The van der Waals surface area contributed by atoms with Crippen LogP contribution in [-0.4, -0.2) is 30.8 Å². The number of halogens is 1. The molecule has 0 saturated heterocycles. The van der Waals surface area contributed by atoms with Gasteiger partial charge in [0.25, 0.3) is 0 Å². The number of nitrogens with one attached hydrogen (secondary N) is 1. The minimum absolute atomic E-state index is 0.266. The van der Waals surface area contributed by atoms with Crippen LogP contribution in [0, 0.1) is 0 Å². The highest BCUT2D eigenvalue weighted by molar-refractivity contribution is 9.10. The molecule has 3 N–H and O–H groups in total. The zero-order valence-electron chi connectivity index (χ0n) is 11.8. The lowest BCUT2D eigenvalue weighted by Gasteiger charge is -2.33. The first kappa shape index (κ1) is 15.2. The third kappa shape index (κ3) is 3.11. The van der Waals surface area contributed by atoms with Crippen molar-refractivity contribution in [2.24, 2.45) is 5.73 Å². The fourth-order valence-electron chi connectivity index (χ4n) is 2.28. The number of nitrogens with two attached hydrogens (primary N) is 1. The second kappa shape index (κ2) is 6.52. The summed E-state index contributed by atoms with van der Waals surface area (Å²) in [4.78, 5) is 4.50. The van der Waals surface area contributed by atoms with Crippen molar-refractivity contribution in [1.82, 2.24) is 4.98 Å². The fourth-order valence-corrected chi connectivity index (χ4v) is 2.63. The maximum atomic E-state index is 5.95. The average Bonchev–Trinajstić information content (AvgIpc) is 2.46. The molecule has 4 nitrogen and oxygen atoms in total. The van der Waals surface area contributed by atoms with Crippen molar-refractivity contribution < 1.29 is 4.74 Å². The summed E-state index contributed by atoms with van der Waals surface area (Å²) in [7, 11) is 1.69. The number of hydrogen-bond acceptors (Lipinski definition) is 4. The maximum absolute atomic E-state index is 5.95. The topological polar surface area (TPSA) is 60.2 Å². The van der Waals surface area contributed by atoms with E-state index in [2.05, 4.69) is 39.2 Å². The molecule has 1 aromatic carbocycles. The molecular formula is C15H20BrN3O. The van der Waals surface area contributed by atoms with Crippen LogP contribution in [0.1, 0.15) is 13.3 Å². The summed E-state index contributed by atoms with van der Waals surface area (Å²) in [5.41, 5.74) is 7.61. The number of pyridine rings is 1. The molecule has 1 atom stereocenters. The van der Waals surface area contributed by atoms with Gasteiger partial charge in [0.05, 0.1) is 23.3 Å². The van der Waals surface area contributed by atoms with E-state index in [0.29, 0.717) is 13.2 Å². The van der Waals surface area contributed by atoms with Gasteiger partial charge < -0.3 is 15.8 Å². The number of aromatic nitrogens is 1. The number of benzene rings is 1. The van der Waals surface area contributed by atoms with Crippen LogP contribution in [0.2, 0.25) is 0 Å². The number of para-hydroxylation sites is 1. The zero-order chi connectivity index (χ0) is 14.6. The molecule has 0 aliphatic rings. The minimum Gasteiger partial charge on any atom is -0.382 e. The first-order valence-electron chi connectivity index (χ1n) is 6.65. The van der Waals surface area contributed by atoms with Gasteiger partial charge in [0, 0.05) is 29.7 Å². The van der Waals surface area contributed by atoms with Gasteiger partial charge in [-0.3, -0.25) is 4.98 Å². The minimum atomic E-state index is -0.266. The molecule has 108 valence electrons. The molecule has 2 aromatic rings. The van der Waals surface area contributed by atoms with Crippen molar-refractivity contribution >= 4 is 32.5 Å². The largest absolute Gasteiger partial charge is 0.382 e. The first-order chi connectivity index (χ1) is 9.64. The third-order valence-corrected chi connectivity index (χ3v) is 4.00. The van der Waals surface area contributed by atoms with Gasteiger partial charge in [-0.05, 0) is 34.5 Å². The van der Waals surface area contributed by atoms with Crippen molar-refractivity contribution in [2.45, 2.75) is 18.9 Å². The Balaban J connectivity index is 2.42. The molecule has 0 saturated carbocycles. The zero-order valence-corrected chi connectivity index (χ0v) is 13.4. The van der Waals surface area contributed by atoms with E-state index in [4.69, 9.17) is 10.5 Å². The van der Waals surface area contributed by atoms with Gasteiger partial charge in [0.2, 0.25) is 0 Å². The molecule has 5 heteroatoms. The predicted molar refractivity (Wildman–Crippen MR) is 87.0 cm³/mol. The number of rotatable bonds is 6. The highest BCUT2D eigenvalue weighted by Gasteiger charge is 2.27. The standard InChI is InChI=1S/C15H20BrN3O/c1-3-15(9-17,10-20-2)19-13-6-4-5-11-7-12(16)8-18-14(11)13/h4-8,19H,3,9-10,17H2,1-2H3. The monoisotopic (exact) mass is 337 g/mol. The van der Waals surface area contributed by atoms with Crippen molar-refractivity contribution in [3.63, 3.8) is 0 Å². The van der Waals surface area contributed by atoms with Crippen LogP contribution in [0.5, 0.6) is 0 Å². The van der Waals surface area contributed by atoms with Gasteiger partial charge in [-0.25, -0.2) is 0 Å². The van der Waals surface area contributed by atoms with Crippen LogP contribution in [0.15, 0.2) is 34.9 Å². The van der Waals surface area contributed by atoms with Gasteiger partial charge in [-0.15, -0.1) is 0 Å². The smallest absolute Gasteiger partial charge is 0.0934 e. The van der Waals surface area contributed by atoms with E-state index < -0.39 is 0 Å². The second-order valence-corrected chi connectivity index (χ2v) is 5.84. The number of fused-ring (bicyclic) bond motifs is 1. The molecule has 20 heavy (non-hydrogen) atoms. The van der Waals surface area contributed by atoms with Crippen LogP contribution in [0.25, 0.3) is 10.9 Å². The highest BCUT2D eigenvalue weighted by atomic mass is 79.9. The van der Waals surface area contributed by atoms with Gasteiger partial charge >= 0.3 is 0 Å². The Morgan fingerprint density at radius 2 is 2.25 bits per heavy atom. The number of anilines is 1. The highest BCUT2D eigenvalue weighted by Crippen LogP contribution is 2.27. The Morgan fingerprint density at radius 1 is 1.45 bits per heavy atom. The predicted octanol–water partition coefficient (Wildman–Crippen LogP) is 3.16. The second-order valence-electron chi connectivity index (χ2n) is 4.93. The van der Waals surface area contributed by atoms with Gasteiger partial charge in [0.1, 0.15) is 0 Å². The van der Waals surface area contributed by atoms with Crippen LogP contribution in [0.4, 0.5) is 5.69 Å². The number of ether oxygens (including phenoxy) is 1. The molecule has 1 aromatic heterocycles. The molecule has 1 unspecified atom stereocenters. The van der Waals surface area contributed by atoms with Crippen molar-refractivity contribution in [1.29, 1.82) is 0 Å². The van der Waals surface area contributed by atoms with E-state index >= 15 is 0 Å². The summed E-state index contributed by atoms with van der Waals surface area (Å²) in [6, 6.07) is 8.14. The number of hydrogen-bond donors (Lipinski definition) is 2. The molecule has 0 spiro atoms. The van der Waals surface area contributed by atoms with E-state index in [1.54, 1.807) is 13.3 Å². The molecule has 0 radical (unpaired) electrons. The lowest BCUT2D eigenvalue weighted by molar-refractivity contribution is 0.143. The number of nitrogens with zero attached hydrogens (tertiary/aromatic N) is 1. The van der Waals surface area contributed by atoms with Gasteiger partial charge in [0.15, 0.2) is 0 Å².